The summed E-state index contributed by atoms with van der Waals surface area (Å²) in [7, 11) is 0. The van der Waals surface area contributed by atoms with Crippen LogP contribution in [0.15, 0.2) is 31.7 Å². The first-order valence-electron chi connectivity index (χ1n) is 3.99. The lowest BCUT2D eigenvalue weighted by Gasteiger charge is -2.05. The van der Waals surface area contributed by atoms with Crippen LogP contribution in [0.5, 0.6) is 0 Å². The van der Waals surface area contributed by atoms with Gasteiger partial charge in [-0.05, 0) is 56.5 Å². The topological polar surface area (TPSA) is 12.9 Å². The predicted molar refractivity (Wildman–Crippen MR) is 69.6 cm³/mol. The minimum absolute atomic E-state index is 0.975. The van der Waals surface area contributed by atoms with Crippen molar-refractivity contribution in [3.63, 3.8) is 0 Å². The van der Waals surface area contributed by atoms with Crippen LogP contribution >= 0.6 is 47.8 Å². The number of aromatic nitrogens is 1. The second-order valence-electron chi connectivity index (χ2n) is 3.04. The van der Waals surface area contributed by atoms with Gasteiger partial charge in [0.25, 0.3) is 0 Å². The first-order chi connectivity index (χ1) is 6.59. The first kappa shape index (κ1) is 10.6. The molecule has 72 valence electrons. The molecule has 0 radical (unpaired) electrons. The standard InChI is InChI=1S/C10H6Br3N/c1-5-2-6(11)3-7-9(13)8(12)4-14-10(5)7/h2-4H,1H3. The molecule has 14 heavy (non-hydrogen) atoms. The number of halogens is 3. The Kier molecular flexibility index (Phi) is 2.96. The van der Waals surface area contributed by atoms with Gasteiger partial charge in [0.1, 0.15) is 0 Å². The van der Waals surface area contributed by atoms with Crippen molar-refractivity contribution in [3.8, 4) is 0 Å². The van der Waals surface area contributed by atoms with Gasteiger partial charge in [0, 0.05) is 20.5 Å². The molecular formula is C10H6Br3N. The maximum Gasteiger partial charge on any atom is 0.0744 e. The van der Waals surface area contributed by atoms with E-state index in [2.05, 4.69) is 71.8 Å². The Morgan fingerprint density at radius 3 is 2.57 bits per heavy atom. The van der Waals surface area contributed by atoms with Gasteiger partial charge in [-0.1, -0.05) is 15.9 Å². The number of hydrogen-bond acceptors (Lipinski definition) is 1. The van der Waals surface area contributed by atoms with E-state index in [9.17, 15) is 0 Å². The highest BCUT2D eigenvalue weighted by Gasteiger charge is 2.07. The molecule has 2 aromatic rings. The number of aryl methyl sites for hydroxylation is 1. The quantitative estimate of drug-likeness (QED) is 0.638. The van der Waals surface area contributed by atoms with Crippen molar-refractivity contribution in [3.05, 3.63) is 37.3 Å². The van der Waals surface area contributed by atoms with Crippen molar-refractivity contribution in [2.75, 3.05) is 0 Å². The van der Waals surface area contributed by atoms with E-state index in [4.69, 9.17) is 0 Å². The highest BCUT2D eigenvalue weighted by atomic mass is 79.9. The summed E-state index contributed by atoms with van der Waals surface area (Å²) in [5.41, 5.74) is 2.20. The van der Waals surface area contributed by atoms with Crippen molar-refractivity contribution >= 4 is 58.7 Å². The Bertz CT molecular complexity index is 508. The summed E-state index contributed by atoms with van der Waals surface area (Å²) >= 11 is 10.5. The molecule has 0 unspecified atom stereocenters. The molecule has 1 nitrogen and oxygen atoms in total. The molecule has 4 heteroatoms. The van der Waals surface area contributed by atoms with Gasteiger partial charge in [0.15, 0.2) is 0 Å². The van der Waals surface area contributed by atoms with Gasteiger partial charge < -0.3 is 0 Å². The highest BCUT2D eigenvalue weighted by molar-refractivity contribution is 9.13. The fourth-order valence-electron chi connectivity index (χ4n) is 1.38. The summed E-state index contributed by atoms with van der Waals surface area (Å²) in [6, 6.07) is 4.12. The van der Waals surface area contributed by atoms with Gasteiger partial charge in [-0.25, -0.2) is 0 Å². The zero-order valence-corrected chi connectivity index (χ0v) is 12.1. The Labute approximate surface area is 107 Å². The summed E-state index contributed by atoms with van der Waals surface area (Å²) in [5.74, 6) is 0. The van der Waals surface area contributed by atoms with Gasteiger partial charge in [0.05, 0.1) is 9.99 Å². The number of pyridine rings is 1. The summed E-state index contributed by atoms with van der Waals surface area (Å²) in [6.45, 7) is 2.06. The van der Waals surface area contributed by atoms with Crippen LogP contribution in [0.2, 0.25) is 0 Å². The lowest BCUT2D eigenvalue weighted by molar-refractivity contribution is 1.33. The van der Waals surface area contributed by atoms with Gasteiger partial charge in [-0.3, -0.25) is 4.98 Å². The molecule has 0 amide bonds. The van der Waals surface area contributed by atoms with E-state index >= 15 is 0 Å². The smallest absolute Gasteiger partial charge is 0.0744 e. The minimum Gasteiger partial charge on any atom is -0.255 e. The molecule has 0 N–H and O–H groups in total. The molecule has 0 aliphatic carbocycles. The summed E-state index contributed by atoms with van der Waals surface area (Å²) in [4.78, 5) is 4.38. The van der Waals surface area contributed by atoms with Crippen LogP contribution in [0.1, 0.15) is 5.56 Å². The molecule has 0 fully saturated rings. The van der Waals surface area contributed by atoms with Gasteiger partial charge in [-0.2, -0.15) is 0 Å². The van der Waals surface area contributed by atoms with Gasteiger partial charge >= 0.3 is 0 Å². The molecule has 1 aromatic carbocycles. The van der Waals surface area contributed by atoms with Crippen molar-refractivity contribution in [1.29, 1.82) is 0 Å². The Morgan fingerprint density at radius 2 is 1.86 bits per heavy atom. The first-order valence-corrected chi connectivity index (χ1v) is 6.37. The van der Waals surface area contributed by atoms with E-state index in [0.717, 1.165) is 24.3 Å². The van der Waals surface area contributed by atoms with Crippen LogP contribution < -0.4 is 0 Å². The Morgan fingerprint density at radius 1 is 1.14 bits per heavy atom. The molecule has 0 aliphatic rings. The SMILES string of the molecule is Cc1cc(Br)cc2c(Br)c(Br)cnc12. The van der Waals surface area contributed by atoms with E-state index in [0.29, 0.717) is 0 Å². The zero-order valence-electron chi connectivity index (χ0n) is 7.31. The van der Waals surface area contributed by atoms with Crippen LogP contribution in [-0.4, -0.2) is 4.98 Å². The van der Waals surface area contributed by atoms with Crippen molar-refractivity contribution in [2.24, 2.45) is 0 Å². The average Bonchev–Trinajstić information content (AvgIpc) is 2.12. The van der Waals surface area contributed by atoms with Crippen molar-refractivity contribution in [1.82, 2.24) is 4.98 Å². The van der Waals surface area contributed by atoms with Crippen LogP contribution in [-0.2, 0) is 0 Å². The maximum atomic E-state index is 4.38. The molecule has 1 heterocycles. The number of fused-ring (bicyclic) bond motifs is 1. The normalized spacial score (nSPS) is 10.9. The molecule has 0 spiro atoms. The number of nitrogens with zero attached hydrogens (tertiary/aromatic N) is 1. The molecule has 0 saturated carbocycles. The highest BCUT2D eigenvalue weighted by Crippen LogP contribution is 2.33. The van der Waals surface area contributed by atoms with Crippen LogP contribution in [0.3, 0.4) is 0 Å². The molecule has 2 rings (SSSR count). The van der Waals surface area contributed by atoms with E-state index in [1.165, 1.54) is 5.56 Å². The number of rotatable bonds is 0. The third-order valence-corrected chi connectivity index (χ3v) is 4.46. The van der Waals surface area contributed by atoms with E-state index in [1.807, 2.05) is 6.20 Å². The minimum atomic E-state index is 0.975. The van der Waals surface area contributed by atoms with Gasteiger partial charge in [0.2, 0.25) is 0 Å². The molecular weight excluding hydrogens is 374 g/mol. The lowest BCUT2D eigenvalue weighted by Crippen LogP contribution is -1.85. The van der Waals surface area contributed by atoms with E-state index < -0.39 is 0 Å². The van der Waals surface area contributed by atoms with Crippen molar-refractivity contribution in [2.45, 2.75) is 6.92 Å². The third-order valence-electron chi connectivity index (χ3n) is 2.02. The lowest BCUT2D eigenvalue weighted by atomic mass is 10.1. The van der Waals surface area contributed by atoms with Crippen LogP contribution in [0.25, 0.3) is 10.9 Å². The van der Waals surface area contributed by atoms with Crippen molar-refractivity contribution < 1.29 is 0 Å². The van der Waals surface area contributed by atoms with Crippen LogP contribution in [0, 0.1) is 6.92 Å². The third kappa shape index (κ3) is 1.75. The zero-order chi connectivity index (χ0) is 10.3. The maximum absolute atomic E-state index is 4.38. The molecule has 0 aliphatic heterocycles. The van der Waals surface area contributed by atoms with E-state index in [1.54, 1.807) is 0 Å². The summed E-state index contributed by atoms with van der Waals surface area (Å²) in [5, 5.41) is 1.12. The second kappa shape index (κ2) is 3.91. The summed E-state index contributed by atoms with van der Waals surface area (Å²) in [6.07, 6.45) is 1.81. The molecule has 1 aromatic heterocycles. The summed E-state index contributed by atoms with van der Waals surface area (Å²) < 4.78 is 3.09. The Balaban J connectivity index is 2.95. The molecule has 0 bridgehead atoms. The monoisotopic (exact) mass is 377 g/mol. The van der Waals surface area contributed by atoms with Gasteiger partial charge in [-0.15, -0.1) is 0 Å². The Hall–Kier alpha value is 0.0700. The molecule has 0 atom stereocenters. The largest absolute Gasteiger partial charge is 0.255 e. The number of hydrogen-bond donors (Lipinski definition) is 0. The molecule has 0 saturated heterocycles. The fourth-order valence-corrected chi connectivity index (χ4v) is 2.67. The predicted octanol–water partition coefficient (Wildman–Crippen LogP) is 4.83. The van der Waals surface area contributed by atoms with Crippen LogP contribution in [0.4, 0.5) is 0 Å². The fraction of sp³-hybridized carbons (Fsp3) is 0.100. The second-order valence-corrected chi connectivity index (χ2v) is 5.60. The number of benzene rings is 1. The van der Waals surface area contributed by atoms with E-state index in [-0.39, 0.29) is 0 Å². The average molecular weight is 380 g/mol.